The maximum atomic E-state index is 5.92. The number of nitrogens with one attached hydrogen (secondary N) is 1. The Kier molecular flexibility index (Phi) is 5.22. The van der Waals surface area contributed by atoms with Crippen LogP contribution in [0.25, 0.3) is 0 Å². The Hall–Kier alpha value is -0.870. The molecule has 0 bridgehead atoms. The first-order chi connectivity index (χ1) is 9.57. The minimum absolute atomic E-state index is 0.404. The molecule has 1 fully saturated rings. The average molecular weight is 278 g/mol. The summed E-state index contributed by atoms with van der Waals surface area (Å²) in [5.74, 6) is 6.66. The highest BCUT2D eigenvalue weighted by molar-refractivity contribution is 5.02. The summed E-state index contributed by atoms with van der Waals surface area (Å²) >= 11 is 0. The normalized spacial score (nSPS) is 19.6. The number of hydrogen-bond acceptors (Lipinski definition) is 3. The Labute approximate surface area is 123 Å². The summed E-state index contributed by atoms with van der Waals surface area (Å²) in [7, 11) is 2.01. The van der Waals surface area contributed by atoms with Crippen LogP contribution in [0.4, 0.5) is 0 Å². The van der Waals surface area contributed by atoms with E-state index in [0.29, 0.717) is 11.5 Å². The van der Waals surface area contributed by atoms with Crippen LogP contribution < -0.4 is 11.3 Å². The first kappa shape index (κ1) is 15.5. The zero-order valence-corrected chi connectivity index (χ0v) is 13.2. The largest absolute Gasteiger partial charge is 0.273 e. The van der Waals surface area contributed by atoms with E-state index >= 15 is 0 Å². The molecule has 0 aliphatic heterocycles. The van der Waals surface area contributed by atoms with E-state index in [0.717, 1.165) is 18.8 Å². The first-order valence-electron chi connectivity index (χ1n) is 8.00. The summed E-state index contributed by atoms with van der Waals surface area (Å²) in [5, 5.41) is 4.25. The smallest absolute Gasteiger partial charge is 0.0492 e. The summed E-state index contributed by atoms with van der Waals surface area (Å²) in [6.07, 6.45) is 10.7. The van der Waals surface area contributed by atoms with E-state index in [1.165, 1.54) is 37.8 Å². The highest BCUT2D eigenvalue weighted by Gasteiger charge is 2.40. The molecule has 4 nitrogen and oxygen atoms in total. The molecule has 0 aromatic carbocycles. The maximum Gasteiger partial charge on any atom is 0.0492 e. The van der Waals surface area contributed by atoms with Gasteiger partial charge in [0, 0.05) is 25.0 Å². The van der Waals surface area contributed by atoms with Crippen molar-refractivity contribution in [1.82, 2.24) is 15.2 Å². The molecule has 20 heavy (non-hydrogen) atoms. The lowest BCUT2D eigenvalue weighted by molar-refractivity contribution is 0.147. The van der Waals surface area contributed by atoms with Crippen molar-refractivity contribution in [3.05, 3.63) is 18.0 Å². The Morgan fingerprint density at radius 1 is 1.40 bits per heavy atom. The Balaban J connectivity index is 2.03. The molecule has 1 aliphatic carbocycles. The van der Waals surface area contributed by atoms with E-state index in [4.69, 9.17) is 5.84 Å². The van der Waals surface area contributed by atoms with Crippen molar-refractivity contribution in [2.45, 2.75) is 64.8 Å². The molecule has 1 heterocycles. The van der Waals surface area contributed by atoms with Crippen LogP contribution in [0.3, 0.4) is 0 Å². The summed E-state index contributed by atoms with van der Waals surface area (Å²) in [4.78, 5) is 0. The summed E-state index contributed by atoms with van der Waals surface area (Å²) < 4.78 is 1.97. The van der Waals surface area contributed by atoms with Gasteiger partial charge in [-0.1, -0.05) is 26.7 Å². The van der Waals surface area contributed by atoms with Gasteiger partial charge in [-0.05, 0) is 49.5 Å². The van der Waals surface area contributed by atoms with Crippen LogP contribution in [0.1, 0.15) is 58.1 Å². The fourth-order valence-electron chi connectivity index (χ4n) is 4.09. The van der Waals surface area contributed by atoms with Gasteiger partial charge in [0.15, 0.2) is 0 Å². The van der Waals surface area contributed by atoms with Gasteiger partial charge >= 0.3 is 0 Å². The predicted octanol–water partition coefficient (Wildman–Crippen LogP) is 2.79. The van der Waals surface area contributed by atoms with Crippen LogP contribution in [-0.2, 0) is 13.5 Å². The third kappa shape index (κ3) is 3.41. The van der Waals surface area contributed by atoms with Gasteiger partial charge in [-0.2, -0.15) is 5.10 Å². The van der Waals surface area contributed by atoms with Crippen LogP contribution in [-0.4, -0.2) is 15.8 Å². The van der Waals surface area contributed by atoms with E-state index in [-0.39, 0.29) is 0 Å². The molecule has 4 heteroatoms. The second kappa shape index (κ2) is 6.72. The number of hydrazine groups is 1. The third-order valence-electron chi connectivity index (χ3n) is 4.97. The van der Waals surface area contributed by atoms with E-state index in [1.807, 2.05) is 17.9 Å². The minimum atomic E-state index is 0.404. The minimum Gasteiger partial charge on any atom is -0.273 e. The summed E-state index contributed by atoms with van der Waals surface area (Å²) in [6.45, 7) is 4.66. The maximum absolute atomic E-state index is 5.92. The van der Waals surface area contributed by atoms with Gasteiger partial charge in [-0.25, -0.2) is 0 Å². The Bertz CT molecular complexity index is 404. The van der Waals surface area contributed by atoms with Crippen LogP contribution in [0.5, 0.6) is 0 Å². The van der Waals surface area contributed by atoms with Crippen LogP contribution in [0.15, 0.2) is 12.3 Å². The van der Waals surface area contributed by atoms with E-state index in [9.17, 15) is 0 Å². The van der Waals surface area contributed by atoms with Crippen molar-refractivity contribution in [2.75, 3.05) is 0 Å². The number of nitrogens with zero attached hydrogens (tertiary/aromatic N) is 2. The zero-order chi connectivity index (χ0) is 14.6. The van der Waals surface area contributed by atoms with Gasteiger partial charge < -0.3 is 0 Å². The average Bonchev–Trinajstić information content (AvgIpc) is 3.00. The molecule has 1 unspecified atom stereocenters. The standard InChI is InChI=1S/C16H30N4/c1-13(2)12-16(9-4-5-10-16)15(19-17)7-6-14-8-11-18-20(14)3/h8,11,13,15,19H,4-7,9-10,12,17H2,1-3H3. The van der Waals surface area contributed by atoms with Crippen molar-refractivity contribution < 1.29 is 0 Å². The quantitative estimate of drug-likeness (QED) is 0.595. The number of hydrogen-bond donors (Lipinski definition) is 2. The fourth-order valence-corrected chi connectivity index (χ4v) is 4.09. The van der Waals surface area contributed by atoms with Crippen LogP contribution >= 0.6 is 0 Å². The lowest BCUT2D eigenvalue weighted by atomic mass is 9.71. The molecule has 1 aromatic rings. The third-order valence-corrected chi connectivity index (χ3v) is 4.97. The van der Waals surface area contributed by atoms with E-state index in [1.54, 1.807) is 0 Å². The Morgan fingerprint density at radius 3 is 2.60 bits per heavy atom. The molecule has 0 saturated heterocycles. The molecule has 1 saturated carbocycles. The van der Waals surface area contributed by atoms with Crippen LogP contribution in [0, 0.1) is 11.3 Å². The fraction of sp³-hybridized carbons (Fsp3) is 0.812. The van der Waals surface area contributed by atoms with Gasteiger partial charge in [0.05, 0.1) is 0 Å². The van der Waals surface area contributed by atoms with Gasteiger partial charge in [-0.3, -0.25) is 16.0 Å². The molecule has 2 rings (SSSR count). The monoisotopic (exact) mass is 278 g/mol. The summed E-state index contributed by atoms with van der Waals surface area (Å²) in [5.41, 5.74) is 4.84. The number of aryl methyl sites for hydroxylation is 2. The number of nitrogens with two attached hydrogens (primary N) is 1. The Morgan fingerprint density at radius 2 is 2.10 bits per heavy atom. The number of aromatic nitrogens is 2. The summed E-state index contributed by atoms with van der Waals surface area (Å²) in [6, 6.07) is 2.53. The SMILES string of the molecule is CC(C)CC1(C(CCc2ccnn2C)NN)CCCC1. The molecule has 1 aromatic heterocycles. The van der Waals surface area contributed by atoms with Gasteiger partial charge in [0.2, 0.25) is 0 Å². The first-order valence-corrected chi connectivity index (χ1v) is 8.00. The van der Waals surface area contributed by atoms with Crippen molar-refractivity contribution >= 4 is 0 Å². The highest BCUT2D eigenvalue weighted by atomic mass is 15.3. The van der Waals surface area contributed by atoms with Gasteiger partial charge in [0.25, 0.3) is 0 Å². The number of rotatable bonds is 7. The van der Waals surface area contributed by atoms with Crippen LogP contribution in [0.2, 0.25) is 0 Å². The molecule has 1 aliphatic rings. The van der Waals surface area contributed by atoms with Crippen molar-refractivity contribution in [3.8, 4) is 0 Å². The van der Waals surface area contributed by atoms with Crippen molar-refractivity contribution in [3.63, 3.8) is 0 Å². The second-order valence-corrected chi connectivity index (χ2v) is 6.87. The lowest BCUT2D eigenvalue weighted by Crippen LogP contribution is -2.48. The highest BCUT2D eigenvalue weighted by Crippen LogP contribution is 2.46. The molecule has 3 N–H and O–H groups in total. The molecular weight excluding hydrogens is 248 g/mol. The van der Waals surface area contributed by atoms with Crippen molar-refractivity contribution in [1.29, 1.82) is 0 Å². The molecule has 0 amide bonds. The molecule has 0 spiro atoms. The van der Waals surface area contributed by atoms with Gasteiger partial charge in [-0.15, -0.1) is 0 Å². The lowest BCUT2D eigenvalue weighted by Gasteiger charge is -2.39. The van der Waals surface area contributed by atoms with Gasteiger partial charge in [0.1, 0.15) is 0 Å². The predicted molar refractivity (Wildman–Crippen MR) is 83.0 cm³/mol. The zero-order valence-electron chi connectivity index (χ0n) is 13.2. The topological polar surface area (TPSA) is 55.9 Å². The van der Waals surface area contributed by atoms with E-state index in [2.05, 4.69) is 30.4 Å². The van der Waals surface area contributed by atoms with E-state index < -0.39 is 0 Å². The molecular formula is C16H30N4. The van der Waals surface area contributed by atoms with Crippen molar-refractivity contribution in [2.24, 2.45) is 24.2 Å². The molecule has 0 radical (unpaired) electrons. The molecule has 1 atom stereocenters. The second-order valence-electron chi connectivity index (χ2n) is 6.87. The molecule has 114 valence electrons.